The van der Waals surface area contributed by atoms with Crippen molar-refractivity contribution in [2.24, 2.45) is 0 Å². The summed E-state index contributed by atoms with van der Waals surface area (Å²) in [5.74, 6) is 0.591. The second kappa shape index (κ2) is 7.62. The highest BCUT2D eigenvalue weighted by molar-refractivity contribution is 6.30. The van der Waals surface area contributed by atoms with Gasteiger partial charge in [-0.05, 0) is 42.0 Å². The Morgan fingerprint density at radius 3 is 2.33 bits per heavy atom. The Balaban J connectivity index is 1.83. The van der Waals surface area contributed by atoms with Crippen LogP contribution in [0.2, 0.25) is 5.02 Å². The van der Waals surface area contributed by atoms with Crippen LogP contribution in [0.4, 0.5) is 16.3 Å². The molecule has 2 aromatic carbocycles. The van der Waals surface area contributed by atoms with E-state index in [-0.39, 0.29) is 6.03 Å². The highest BCUT2D eigenvalue weighted by atomic mass is 35.5. The predicted octanol–water partition coefficient (Wildman–Crippen LogP) is 4.97. The van der Waals surface area contributed by atoms with Crippen LogP contribution in [-0.2, 0) is 6.54 Å². The fraction of sp³-hybridized carbons (Fsp3) is 0.0526. The molecule has 0 fully saturated rings. The Hall–Kier alpha value is -2.85. The van der Waals surface area contributed by atoms with Gasteiger partial charge >= 0.3 is 6.03 Å². The third kappa shape index (κ3) is 4.12. The molecule has 2 amide bonds. The first-order chi connectivity index (χ1) is 11.7. The van der Waals surface area contributed by atoms with E-state index < -0.39 is 0 Å². The summed E-state index contributed by atoms with van der Waals surface area (Å²) in [4.78, 5) is 18.6. The second-order valence-electron chi connectivity index (χ2n) is 5.20. The van der Waals surface area contributed by atoms with Crippen LogP contribution >= 0.6 is 11.6 Å². The van der Waals surface area contributed by atoms with Gasteiger partial charge in [-0.25, -0.2) is 9.78 Å². The summed E-state index contributed by atoms with van der Waals surface area (Å²) in [5, 5.41) is 3.50. The number of carbonyl (C=O) groups is 1. The first kappa shape index (κ1) is 16.0. The lowest BCUT2D eigenvalue weighted by atomic mass is 10.2. The Morgan fingerprint density at radius 2 is 1.67 bits per heavy atom. The van der Waals surface area contributed by atoms with Crippen molar-refractivity contribution in [1.82, 2.24) is 4.98 Å². The molecule has 0 saturated carbocycles. The van der Waals surface area contributed by atoms with Gasteiger partial charge in [0.15, 0.2) is 0 Å². The van der Waals surface area contributed by atoms with E-state index in [1.54, 1.807) is 35.4 Å². The minimum Gasteiger partial charge on any atom is -0.307 e. The number of hydrogen-bond donors (Lipinski definition) is 1. The molecule has 0 bridgehead atoms. The van der Waals surface area contributed by atoms with Gasteiger partial charge in [-0.15, -0.1) is 0 Å². The number of pyridine rings is 1. The zero-order valence-electron chi connectivity index (χ0n) is 12.9. The van der Waals surface area contributed by atoms with Crippen molar-refractivity contribution in [3.8, 4) is 0 Å². The Morgan fingerprint density at radius 1 is 0.958 bits per heavy atom. The summed E-state index contributed by atoms with van der Waals surface area (Å²) in [5.41, 5.74) is 1.70. The maximum absolute atomic E-state index is 12.7. The summed E-state index contributed by atoms with van der Waals surface area (Å²) in [6.07, 6.45) is 1.67. The molecule has 5 heteroatoms. The molecule has 3 rings (SSSR count). The number of nitrogens with one attached hydrogen (secondary N) is 1. The minimum atomic E-state index is -0.250. The average molecular weight is 338 g/mol. The monoisotopic (exact) mass is 337 g/mol. The van der Waals surface area contributed by atoms with Crippen molar-refractivity contribution in [3.05, 3.63) is 89.6 Å². The number of aromatic nitrogens is 1. The van der Waals surface area contributed by atoms with Crippen LogP contribution in [0.5, 0.6) is 0 Å². The van der Waals surface area contributed by atoms with Gasteiger partial charge in [-0.1, -0.05) is 48.0 Å². The van der Waals surface area contributed by atoms with Gasteiger partial charge in [0.05, 0.1) is 6.54 Å². The van der Waals surface area contributed by atoms with E-state index >= 15 is 0 Å². The maximum Gasteiger partial charge on any atom is 0.327 e. The average Bonchev–Trinajstić information content (AvgIpc) is 2.63. The molecule has 0 atom stereocenters. The molecule has 3 aromatic rings. The number of carbonyl (C=O) groups excluding carboxylic acids is 1. The van der Waals surface area contributed by atoms with Crippen molar-refractivity contribution in [2.45, 2.75) is 6.54 Å². The van der Waals surface area contributed by atoms with Crippen LogP contribution in [0.3, 0.4) is 0 Å². The Kier molecular flexibility index (Phi) is 5.08. The first-order valence-corrected chi connectivity index (χ1v) is 7.89. The zero-order chi connectivity index (χ0) is 16.8. The number of rotatable bonds is 4. The van der Waals surface area contributed by atoms with Crippen molar-refractivity contribution >= 4 is 29.1 Å². The summed E-state index contributed by atoms with van der Waals surface area (Å²) < 4.78 is 0. The van der Waals surface area contributed by atoms with Crippen molar-refractivity contribution in [3.63, 3.8) is 0 Å². The van der Waals surface area contributed by atoms with E-state index in [1.807, 2.05) is 48.5 Å². The molecule has 1 heterocycles. The molecular weight excluding hydrogens is 322 g/mol. The van der Waals surface area contributed by atoms with Crippen LogP contribution in [0.1, 0.15) is 5.56 Å². The number of halogens is 1. The van der Waals surface area contributed by atoms with Gasteiger partial charge in [0.25, 0.3) is 0 Å². The van der Waals surface area contributed by atoms with E-state index in [9.17, 15) is 4.79 Å². The SMILES string of the molecule is O=C(Nc1ccc(Cl)cc1)N(Cc1ccccc1)c1ccccn1. The van der Waals surface area contributed by atoms with E-state index in [0.29, 0.717) is 23.1 Å². The number of benzene rings is 2. The lowest BCUT2D eigenvalue weighted by molar-refractivity contribution is 0.256. The molecule has 1 N–H and O–H groups in total. The molecular formula is C19H16ClN3O. The summed E-state index contributed by atoms with van der Waals surface area (Å²) >= 11 is 5.88. The maximum atomic E-state index is 12.7. The van der Waals surface area contributed by atoms with Crippen LogP contribution < -0.4 is 10.2 Å². The van der Waals surface area contributed by atoms with Gasteiger partial charge in [0, 0.05) is 16.9 Å². The topological polar surface area (TPSA) is 45.2 Å². The highest BCUT2D eigenvalue weighted by Crippen LogP contribution is 2.18. The molecule has 1 aromatic heterocycles. The molecule has 24 heavy (non-hydrogen) atoms. The number of nitrogens with zero attached hydrogens (tertiary/aromatic N) is 2. The smallest absolute Gasteiger partial charge is 0.307 e. The van der Waals surface area contributed by atoms with Crippen molar-refractivity contribution in [1.29, 1.82) is 0 Å². The van der Waals surface area contributed by atoms with Gasteiger partial charge < -0.3 is 5.32 Å². The second-order valence-corrected chi connectivity index (χ2v) is 5.63. The summed E-state index contributed by atoms with van der Waals surface area (Å²) in [6, 6.07) is 22.0. The Bertz CT molecular complexity index is 792. The predicted molar refractivity (Wildman–Crippen MR) is 97.3 cm³/mol. The number of amides is 2. The molecule has 0 aliphatic carbocycles. The van der Waals surface area contributed by atoms with Crippen molar-refractivity contribution < 1.29 is 4.79 Å². The number of urea groups is 1. The van der Waals surface area contributed by atoms with Gasteiger partial charge in [0.1, 0.15) is 5.82 Å². The van der Waals surface area contributed by atoms with E-state index in [2.05, 4.69) is 10.3 Å². The minimum absolute atomic E-state index is 0.250. The molecule has 0 unspecified atom stereocenters. The van der Waals surface area contributed by atoms with E-state index in [0.717, 1.165) is 5.56 Å². The fourth-order valence-electron chi connectivity index (χ4n) is 2.26. The molecule has 0 aliphatic heterocycles. The van der Waals surface area contributed by atoms with Gasteiger partial charge in [0.2, 0.25) is 0 Å². The molecule has 0 spiro atoms. The lowest BCUT2D eigenvalue weighted by Gasteiger charge is -2.22. The number of hydrogen-bond acceptors (Lipinski definition) is 2. The third-order valence-corrected chi connectivity index (χ3v) is 3.70. The van der Waals surface area contributed by atoms with Crippen LogP contribution in [0, 0.1) is 0 Å². The van der Waals surface area contributed by atoms with Gasteiger partial charge in [-0.2, -0.15) is 0 Å². The lowest BCUT2D eigenvalue weighted by Crippen LogP contribution is -2.35. The van der Waals surface area contributed by atoms with Crippen LogP contribution in [0.15, 0.2) is 79.0 Å². The quantitative estimate of drug-likeness (QED) is 0.730. The molecule has 0 radical (unpaired) electrons. The summed E-state index contributed by atoms with van der Waals surface area (Å²) in [7, 11) is 0. The van der Waals surface area contributed by atoms with Crippen molar-refractivity contribution in [2.75, 3.05) is 10.2 Å². The van der Waals surface area contributed by atoms with Crippen LogP contribution in [0.25, 0.3) is 0 Å². The third-order valence-electron chi connectivity index (χ3n) is 3.45. The molecule has 4 nitrogen and oxygen atoms in total. The molecule has 0 saturated heterocycles. The fourth-order valence-corrected chi connectivity index (χ4v) is 2.39. The van der Waals surface area contributed by atoms with E-state index in [1.165, 1.54) is 0 Å². The van der Waals surface area contributed by atoms with E-state index in [4.69, 9.17) is 11.6 Å². The standard InChI is InChI=1S/C19H16ClN3O/c20-16-9-11-17(12-10-16)22-19(24)23(18-8-4-5-13-21-18)14-15-6-2-1-3-7-15/h1-13H,14H2,(H,22,24). The number of anilines is 2. The normalized spacial score (nSPS) is 10.2. The first-order valence-electron chi connectivity index (χ1n) is 7.51. The highest BCUT2D eigenvalue weighted by Gasteiger charge is 2.17. The largest absolute Gasteiger partial charge is 0.327 e. The molecule has 120 valence electrons. The molecule has 0 aliphatic rings. The Labute approximate surface area is 145 Å². The van der Waals surface area contributed by atoms with Gasteiger partial charge in [-0.3, -0.25) is 4.90 Å². The summed E-state index contributed by atoms with van der Waals surface area (Å²) in [6.45, 7) is 0.428. The zero-order valence-corrected chi connectivity index (χ0v) is 13.6. The van der Waals surface area contributed by atoms with Crippen LogP contribution in [-0.4, -0.2) is 11.0 Å².